The molecule has 2 aliphatic rings. The van der Waals surface area contributed by atoms with Crippen LogP contribution in [0.2, 0.25) is 0 Å². The van der Waals surface area contributed by atoms with Gasteiger partial charge in [0.05, 0.1) is 4.75 Å². The van der Waals surface area contributed by atoms with Crippen LogP contribution < -0.4 is 5.32 Å². The van der Waals surface area contributed by atoms with Gasteiger partial charge in [-0.15, -0.1) is 11.8 Å². The van der Waals surface area contributed by atoms with Crippen LogP contribution in [0.5, 0.6) is 0 Å². The van der Waals surface area contributed by atoms with Crippen molar-refractivity contribution in [3.05, 3.63) is 0 Å². The maximum atomic E-state index is 12.9. The summed E-state index contributed by atoms with van der Waals surface area (Å²) in [6.07, 6.45) is 4.69. The second-order valence-electron chi connectivity index (χ2n) is 6.58. The summed E-state index contributed by atoms with van der Waals surface area (Å²) in [7, 11) is 0. The molecule has 1 N–H and O–H groups in total. The Kier molecular flexibility index (Phi) is 5.18. The zero-order valence-corrected chi connectivity index (χ0v) is 13.4. The first-order valence-electron chi connectivity index (χ1n) is 7.68. The third kappa shape index (κ3) is 3.88. The zero-order chi connectivity index (χ0) is 13.9. The van der Waals surface area contributed by atoms with E-state index >= 15 is 0 Å². The highest BCUT2D eigenvalue weighted by molar-refractivity contribution is 8.01. The Labute approximate surface area is 121 Å². The van der Waals surface area contributed by atoms with Gasteiger partial charge in [0.25, 0.3) is 0 Å². The van der Waals surface area contributed by atoms with Crippen LogP contribution in [0.15, 0.2) is 0 Å². The lowest BCUT2D eigenvalue weighted by Gasteiger charge is -2.34. The van der Waals surface area contributed by atoms with Crippen LogP contribution in [0.4, 0.5) is 0 Å². The van der Waals surface area contributed by atoms with E-state index in [4.69, 9.17) is 0 Å². The van der Waals surface area contributed by atoms with E-state index in [0.717, 1.165) is 31.8 Å². The summed E-state index contributed by atoms with van der Waals surface area (Å²) < 4.78 is -0.159. The molecule has 0 aliphatic carbocycles. The summed E-state index contributed by atoms with van der Waals surface area (Å²) in [5, 5.41) is 3.52. The van der Waals surface area contributed by atoms with Gasteiger partial charge in [0, 0.05) is 19.1 Å². The van der Waals surface area contributed by atoms with E-state index in [9.17, 15) is 4.79 Å². The number of rotatable bonds is 5. The molecule has 0 spiro atoms. The van der Waals surface area contributed by atoms with Gasteiger partial charge in [-0.1, -0.05) is 13.8 Å². The molecular formula is C15H28N2OS. The first kappa shape index (κ1) is 15.2. The van der Waals surface area contributed by atoms with Gasteiger partial charge in [0.15, 0.2) is 0 Å². The van der Waals surface area contributed by atoms with Gasteiger partial charge in [-0.25, -0.2) is 0 Å². The van der Waals surface area contributed by atoms with Crippen LogP contribution >= 0.6 is 11.8 Å². The highest BCUT2D eigenvalue weighted by Crippen LogP contribution is 2.39. The second-order valence-corrected chi connectivity index (χ2v) is 8.18. The lowest BCUT2D eigenvalue weighted by Crippen LogP contribution is -2.49. The molecule has 0 radical (unpaired) electrons. The Morgan fingerprint density at radius 3 is 2.79 bits per heavy atom. The zero-order valence-electron chi connectivity index (χ0n) is 12.6. The van der Waals surface area contributed by atoms with Gasteiger partial charge < -0.3 is 10.2 Å². The molecular weight excluding hydrogens is 256 g/mol. The molecule has 0 aromatic rings. The first-order valence-corrected chi connectivity index (χ1v) is 8.66. The van der Waals surface area contributed by atoms with E-state index in [0.29, 0.717) is 17.9 Å². The van der Waals surface area contributed by atoms with Gasteiger partial charge in [0.2, 0.25) is 5.91 Å². The molecule has 0 aromatic carbocycles. The maximum absolute atomic E-state index is 12.9. The Hall–Kier alpha value is -0.220. The number of nitrogens with zero attached hydrogens (tertiary/aromatic N) is 1. The van der Waals surface area contributed by atoms with Gasteiger partial charge in [0.1, 0.15) is 0 Å². The number of carbonyl (C=O) groups is 1. The Morgan fingerprint density at radius 1 is 1.47 bits per heavy atom. The predicted octanol–water partition coefficient (Wildman–Crippen LogP) is 2.51. The van der Waals surface area contributed by atoms with Crippen molar-refractivity contribution in [1.29, 1.82) is 0 Å². The van der Waals surface area contributed by atoms with E-state index in [1.54, 1.807) is 0 Å². The summed E-state index contributed by atoms with van der Waals surface area (Å²) in [4.78, 5) is 15.0. The Bertz CT molecular complexity index is 307. The SMILES string of the molecule is CC(C)CN(CC1CCCN1)C(=O)C1(C)CCCS1. The molecule has 2 saturated heterocycles. The van der Waals surface area contributed by atoms with Crippen molar-refractivity contribution in [2.75, 3.05) is 25.4 Å². The largest absolute Gasteiger partial charge is 0.340 e. The van der Waals surface area contributed by atoms with E-state index in [1.807, 2.05) is 11.8 Å². The quantitative estimate of drug-likeness (QED) is 0.842. The van der Waals surface area contributed by atoms with Crippen molar-refractivity contribution in [2.45, 2.75) is 57.2 Å². The molecule has 2 heterocycles. The number of hydrogen-bond acceptors (Lipinski definition) is 3. The molecule has 19 heavy (non-hydrogen) atoms. The van der Waals surface area contributed by atoms with Crippen molar-refractivity contribution >= 4 is 17.7 Å². The minimum Gasteiger partial charge on any atom is -0.340 e. The van der Waals surface area contributed by atoms with Crippen molar-refractivity contribution in [2.24, 2.45) is 5.92 Å². The van der Waals surface area contributed by atoms with Gasteiger partial charge >= 0.3 is 0 Å². The lowest BCUT2D eigenvalue weighted by atomic mass is 10.0. The molecule has 3 nitrogen and oxygen atoms in total. The summed E-state index contributed by atoms with van der Waals surface area (Å²) in [6.45, 7) is 9.45. The Morgan fingerprint density at radius 2 is 2.26 bits per heavy atom. The van der Waals surface area contributed by atoms with Crippen molar-refractivity contribution < 1.29 is 4.79 Å². The monoisotopic (exact) mass is 284 g/mol. The van der Waals surface area contributed by atoms with E-state index in [-0.39, 0.29) is 4.75 Å². The molecule has 4 heteroatoms. The van der Waals surface area contributed by atoms with Crippen LogP contribution in [0.25, 0.3) is 0 Å². The molecule has 2 aliphatic heterocycles. The number of carbonyl (C=O) groups excluding carboxylic acids is 1. The minimum absolute atomic E-state index is 0.159. The van der Waals surface area contributed by atoms with Crippen molar-refractivity contribution in [3.63, 3.8) is 0 Å². The molecule has 2 rings (SSSR count). The number of thioether (sulfide) groups is 1. The van der Waals surface area contributed by atoms with Crippen LogP contribution in [0.3, 0.4) is 0 Å². The van der Waals surface area contributed by atoms with Gasteiger partial charge in [-0.05, 0) is 50.8 Å². The standard InChI is InChI=1S/C15H28N2OS/c1-12(2)10-17(11-13-6-4-8-16-13)14(18)15(3)7-5-9-19-15/h12-13,16H,4-11H2,1-3H3. The molecule has 2 fully saturated rings. The second kappa shape index (κ2) is 6.49. The Balaban J connectivity index is 2.00. The highest BCUT2D eigenvalue weighted by atomic mass is 32.2. The summed E-state index contributed by atoms with van der Waals surface area (Å²) in [5.41, 5.74) is 0. The van der Waals surface area contributed by atoms with E-state index < -0.39 is 0 Å². The molecule has 0 aromatic heterocycles. The van der Waals surface area contributed by atoms with Crippen LogP contribution in [0, 0.1) is 5.92 Å². The fourth-order valence-corrected chi connectivity index (χ4v) is 4.42. The van der Waals surface area contributed by atoms with Gasteiger partial charge in [-0.2, -0.15) is 0 Å². The smallest absolute Gasteiger partial charge is 0.238 e. The number of nitrogens with one attached hydrogen (secondary N) is 1. The summed E-state index contributed by atoms with van der Waals surface area (Å²) >= 11 is 1.85. The number of hydrogen-bond donors (Lipinski definition) is 1. The van der Waals surface area contributed by atoms with Crippen molar-refractivity contribution in [3.8, 4) is 0 Å². The van der Waals surface area contributed by atoms with Crippen LogP contribution in [-0.4, -0.2) is 47.0 Å². The van der Waals surface area contributed by atoms with E-state index in [1.165, 1.54) is 19.3 Å². The van der Waals surface area contributed by atoms with Crippen LogP contribution in [-0.2, 0) is 4.79 Å². The van der Waals surface area contributed by atoms with Crippen molar-refractivity contribution in [1.82, 2.24) is 10.2 Å². The molecule has 2 unspecified atom stereocenters. The fraction of sp³-hybridized carbons (Fsp3) is 0.933. The normalized spacial score (nSPS) is 31.1. The number of amides is 1. The first-order chi connectivity index (χ1) is 9.01. The summed E-state index contributed by atoms with van der Waals surface area (Å²) in [6, 6.07) is 0.512. The third-order valence-corrected chi connectivity index (χ3v) is 5.66. The lowest BCUT2D eigenvalue weighted by molar-refractivity contribution is -0.134. The predicted molar refractivity (Wildman–Crippen MR) is 82.5 cm³/mol. The van der Waals surface area contributed by atoms with E-state index in [2.05, 4.69) is 31.0 Å². The average molecular weight is 284 g/mol. The molecule has 110 valence electrons. The fourth-order valence-electron chi connectivity index (χ4n) is 3.14. The maximum Gasteiger partial charge on any atom is 0.238 e. The summed E-state index contributed by atoms with van der Waals surface area (Å²) in [5.74, 6) is 2.05. The van der Waals surface area contributed by atoms with Crippen LogP contribution in [0.1, 0.15) is 46.5 Å². The topological polar surface area (TPSA) is 32.3 Å². The average Bonchev–Trinajstić information content (AvgIpc) is 2.99. The molecule has 2 atom stereocenters. The highest BCUT2D eigenvalue weighted by Gasteiger charge is 2.40. The van der Waals surface area contributed by atoms with Gasteiger partial charge in [-0.3, -0.25) is 4.79 Å². The molecule has 0 saturated carbocycles. The molecule has 1 amide bonds. The molecule has 0 bridgehead atoms. The minimum atomic E-state index is -0.159. The third-order valence-electron chi connectivity index (χ3n) is 4.15.